The molecule has 7 heteroatoms. The summed E-state index contributed by atoms with van der Waals surface area (Å²) in [7, 11) is 0. The molecule has 0 bridgehead atoms. The third-order valence-corrected chi connectivity index (χ3v) is 4.15. The lowest BCUT2D eigenvalue weighted by Crippen LogP contribution is -2.10. The predicted octanol–water partition coefficient (Wildman–Crippen LogP) is 3.96. The highest BCUT2D eigenvalue weighted by molar-refractivity contribution is 5.74. The van der Waals surface area contributed by atoms with Gasteiger partial charge in [-0.2, -0.15) is 0 Å². The fourth-order valence-electron chi connectivity index (χ4n) is 2.80. The number of hydrogen-bond donors (Lipinski definition) is 2. The van der Waals surface area contributed by atoms with Gasteiger partial charge in [-0.15, -0.1) is 0 Å². The maximum Gasteiger partial charge on any atom is 0.334 e. The molecule has 0 atom stereocenters. The van der Waals surface area contributed by atoms with Crippen LogP contribution in [0.2, 0.25) is 0 Å². The van der Waals surface area contributed by atoms with E-state index >= 15 is 0 Å². The molecule has 0 aliphatic rings. The van der Waals surface area contributed by atoms with Gasteiger partial charge in [0.2, 0.25) is 5.82 Å². The third kappa shape index (κ3) is 4.91. The van der Waals surface area contributed by atoms with Crippen molar-refractivity contribution in [3.05, 3.63) is 93.7 Å². The summed E-state index contributed by atoms with van der Waals surface area (Å²) in [6.45, 7) is 0.807. The molecule has 28 heavy (non-hydrogen) atoms. The van der Waals surface area contributed by atoms with E-state index in [2.05, 4.69) is 15.6 Å². The number of nitro groups is 1. The molecule has 1 aromatic heterocycles. The Bertz CT molecular complexity index is 882. The van der Waals surface area contributed by atoms with Crippen LogP contribution >= 0.6 is 0 Å². The molecule has 0 amide bonds. The number of aldehydes is 1. The number of pyridine rings is 1. The number of rotatable bonds is 9. The van der Waals surface area contributed by atoms with Crippen molar-refractivity contribution in [2.75, 3.05) is 10.6 Å². The van der Waals surface area contributed by atoms with Gasteiger partial charge >= 0.3 is 5.69 Å². The molecule has 0 saturated carbocycles. The minimum atomic E-state index is -0.460. The van der Waals surface area contributed by atoms with Gasteiger partial charge in [-0.1, -0.05) is 60.7 Å². The summed E-state index contributed by atoms with van der Waals surface area (Å²) in [6.07, 6.45) is 0.814. The van der Waals surface area contributed by atoms with Crippen LogP contribution in [0, 0.1) is 10.1 Å². The van der Waals surface area contributed by atoms with Gasteiger partial charge in [0.15, 0.2) is 0 Å². The fourth-order valence-corrected chi connectivity index (χ4v) is 2.80. The summed E-state index contributed by atoms with van der Waals surface area (Å²) in [6, 6.07) is 20.7. The summed E-state index contributed by atoms with van der Waals surface area (Å²) in [5.74, 6) is 0.142. The highest BCUT2D eigenvalue weighted by Crippen LogP contribution is 2.33. The van der Waals surface area contributed by atoms with E-state index in [0.717, 1.165) is 17.4 Å². The second kappa shape index (κ2) is 9.27. The average molecular weight is 376 g/mol. The van der Waals surface area contributed by atoms with Crippen LogP contribution in [0.5, 0.6) is 0 Å². The summed E-state index contributed by atoms with van der Waals surface area (Å²) < 4.78 is 0. The number of nitrogens with one attached hydrogen (secondary N) is 2. The average Bonchev–Trinajstić information content (AvgIpc) is 2.72. The van der Waals surface area contributed by atoms with Crippen LogP contribution in [-0.4, -0.2) is 16.2 Å². The molecular formula is C21H20N4O3. The van der Waals surface area contributed by atoms with Gasteiger partial charge in [0.1, 0.15) is 12.0 Å². The first-order valence-corrected chi connectivity index (χ1v) is 8.85. The quantitative estimate of drug-likeness (QED) is 0.333. The van der Waals surface area contributed by atoms with Gasteiger partial charge in [0.05, 0.1) is 10.6 Å². The first-order chi connectivity index (χ1) is 13.7. The van der Waals surface area contributed by atoms with Gasteiger partial charge < -0.3 is 15.4 Å². The minimum absolute atomic E-state index is 0.0814. The maximum atomic E-state index is 11.8. The molecule has 142 valence electrons. The van der Waals surface area contributed by atoms with Gasteiger partial charge in [0.25, 0.3) is 0 Å². The monoisotopic (exact) mass is 376 g/mol. The van der Waals surface area contributed by atoms with Crippen LogP contribution in [0.4, 0.5) is 17.2 Å². The zero-order valence-electron chi connectivity index (χ0n) is 15.2. The summed E-state index contributed by atoms with van der Waals surface area (Å²) >= 11 is 0. The van der Waals surface area contributed by atoms with E-state index in [4.69, 9.17) is 0 Å². The van der Waals surface area contributed by atoms with Crippen LogP contribution in [0.3, 0.4) is 0 Å². The SMILES string of the molecule is O=CCc1cc(NCc2ccccc2)c([N+](=O)[O-])c(NCc2ccccc2)n1. The Labute approximate surface area is 162 Å². The van der Waals surface area contributed by atoms with Crippen molar-refractivity contribution in [2.24, 2.45) is 0 Å². The Kier molecular flexibility index (Phi) is 6.30. The molecule has 7 nitrogen and oxygen atoms in total. The second-order valence-corrected chi connectivity index (χ2v) is 6.16. The van der Waals surface area contributed by atoms with E-state index in [-0.39, 0.29) is 17.9 Å². The van der Waals surface area contributed by atoms with Crippen molar-refractivity contribution < 1.29 is 9.72 Å². The zero-order valence-corrected chi connectivity index (χ0v) is 15.2. The number of anilines is 2. The molecule has 3 aromatic rings. The molecule has 0 spiro atoms. The van der Waals surface area contributed by atoms with E-state index < -0.39 is 4.92 Å². The second-order valence-electron chi connectivity index (χ2n) is 6.16. The lowest BCUT2D eigenvalue weighted by atomic mass is 10.2. The lowest BCUT2D eigenvalue weighted by Gasteiger charge is -2.13. The van der Waals surface area contributed by atoms with Crippen molar-refractivity contribution in [3.63, 3.8) is 0 Å². The van der Waals surface area contributed by atoms with Gasteiger partial charge in [-0.25, -0.2) is 4.98 Å². The molecule has 0 saturated heterocycles. The normalized spacial score (nSPS) is 10.3. The van der Waals surface area contributed by atoms with Crippen molar-refractivity contribution in [2.45, 2.75) is 19.5 Å². The standard InChI is InChI=1S/C21H20N4O3/c26-12-11-18-13-19(22-14-16-7-3-1-4-8-16)20(25(27)28)21(24-18)23-15-17-9-5-2-6-10-17/h1-10,12-13H,11,14-15H2,(H2,22,23,24). The molecule has 0 unspecified atom stereocenters. The Morgan fingerprint density at radius 1 is 0.929 bits per heavy atom. The van der Waals surface area contributed by atoms with Gasteiger partial charge in [0, 0.05) is 19.5 Å². The van der Waals surface area contributed by atoms with E-state index in [1.165, 1.54) is 0 Å². The Morgan fingerprint density at radius 2 is 1.50 bits per heavy atom. The molecular weight excluding hydrogens is 356 g/mol. The number of aromatic nitrogens is 1. The largest absolute Gasteiger partial charge is 0.375 e. The number of nitrogens with zero attached hydrogens (tertiary/aromatic N) is 2. The highest BCUT2D eigenvalue weighted by atomic mass is 16.6. The maximum absolute atomic E-state index is 11.8. The molecule has 0 aliphatic heterocycles. The summed E-state index contributed by atoms with van der Waals surface area (Å²) in [5, 5.41) is 17.9. The van der Waals surface area contributed by atoms with Crippen molar-refractivity contribution >= 4 is 23.5 Å². The van der Waals surface area contributed by atoms with Gasteiger partial charge in [-0.3, -0.25) is 10.1 Å². The van der Waals surface area contributed by atoms with Crippen LogP contribution in [0.1, 0.15) is 16.8 Å². The minimum Gasteiger partial charge on any atom is -0.375 e. The number of benzene rings is 2. The Balaban J connectivity index is 1.90. The summed E-state index contributed by atoms with van der Waals surface area (Å²) in [5.41, 5.74) is 2.62. The highest BCUT2D eigenvalue weighted by Gasteiger charge is 2.23. The molecule has 2 aromatic carbocycles. The smallest absolute Gasteiger partial charge is 0.334 e. The number of hydrogen-bond acceptors (Lipinski definition) is 6. The number of carbonyl (C=O) groups excluding carboxylic acids is 1. The number of carbonyl (C=O) groups is 1. The molecule has 2 N–H and O–H groups in total. The van der Waals surface area contributed by atoms with E-state index in [9.17, 15) is 14.9 Å². The van der Waals surface area contributed by atoms with Gasteiger partial charge in [-0.05, 0) is 17.2 Å². The van der Waals surface area contributed by atoms with E-state index in [1.54, 1.807) is 6.07 Å². The van der Waals surface area contributed by atoms with Crippen molar-refractivity contribution in [3.8, 4) is 0 Å². The molecule has 0 fully saturated rings. The lowest BCUT2D eigenvalue weighted by molar-refractivity contribution is -0.383. The van der Waals surface area contributed by atoms with Crippen LogP contribution in [0.15, 0.2) is 66.7 Å². The Morgan fingerprint density at radius 3 is 2.04 bits per heavy atom. The predicted molar refractivity (Wildman–Crippen MR) is 108 cm³/mol. The molecule has 0 aliphatic carbocycles. The first-order valence-electron chi connectivity index (χ1n) is 8.85. The summed E-state index contributed by atoms with van der Waals surface area (Å²) in [4.78, 5) is 26.5. The van der Waals surface area contributed by atoms with E-state index in [0.29, 0.717) is 24.5 Å². The fraction of sp³-hybridized carbons (Fsp3) is 0.143. The topological polar surface area (TPSA) is 97.2 Å². The van der Waals surface area contributed by atoms with E-state index in [1.807, 2.05) is 60.7 Å². The van der Waals surface area contributed by atoms with Crippen LogP contribution in [-0.2, 0) is 24.3 Å². The van der Waals surface area contributed by atoms with Crippen LogP contribution < -0.4 is 10.6 Å². The zero-order chi connectivity index (χ0) is 19.8. The van der Waals surface area contributed by atoms with Crippen molar-refractivity contribution in [1.82, 2.24) is 4.98 Å². The Hall–Kier alpha value is -3.74. The van der Waals surface area contributed by atoms with Crippen molar-refractivity contribution in [1.29, 1.82) is 0 Å². The third-order valence-electron chi connectivity index (χ3n) is 4.15. The first kappa shape index (κ1) is 19.0. The molecule has 0 radical (unpaired) electrons. The molecule has 1 heterocycles. The molecule has 3 rings (SSSR count). The van der Waals surface area contributed by atoms with Crippen LogP contribution in [0.25, 0.3) is 0 Å².